The molecule has 2 aromatic rings. The summed E-state index contributed by atoms with van der Waals surface area (Å²) in [5.41, 5.74) is 6.21. The maximum atomic E-state index is 12.4. The largest absolute Gasteiger partial charge is 0.368 e. The standard InChI is InChI=1S/C21H27N3O/c1-16-12-17(2)14-20(13-16)23-8-10-24(11-9-23)21(25)22-15-19-7-5-4-6-18(19)3/h4-7,12-14H,8-11,15H2,1-3H3,(H,22,25). The lowest BCUT2D eigenvalue weighted by Crippen LogP contribution is -2.51. The second-order valence-corrected chi connectivity index (χ2v) is 6.91. The van der Waals surface area contributed by atoms with E-state index >= 15 is 0 Å². The van der Waals surface area contributed by atoms with Crippen LogP contribution in [-0.2, 0) is 6.54 Å². The molecule has 0 aliphatic carbocycles. The summed E-state index contributed by atoms with van der Waals surface area (Å²) in [7, 11) is 0. The molecule has 0 radical (unpaired) electrons. The molecule has 1 saturated heterocycles. The summed E-state index contributed by atoms with van der Waals surface area (Å²) in [5.74, 6) is 0. The molecule has 3 rings (SSSR count). The summed E-state index contributed by atoms with van der Waals surface area (Å²) >= 11 is 0. The number of aryl methyl sites for hydroxylation is 3. The molecule has 0 saturated carbocycles. The number of rotatable bonds is 3. The number of piperazine rings is 1. The molecular weight excluding hydrogens is 310 g/mol. The van der Waals surface area contributed by atoms with Gasteiger partial charge >= 0.3 is 6.03 Å². The second-order valence-electron chi connectivity index (χ2n) is 6.91. The van der Waals surface area contributed by atoms with Crippen molar-refractivity contribution in [1.82, 2.24) is 10.2 Å². The van der Waals surface area contributed by atoms with E-state index in [0.29, 0.717) is 6.54 Å². The Balaban J connectivity index is 1.53. The van der Waals surface area contributed by atoms with E-state index in [0.717, 1.165) is 26.2 Å². The van der Waals surface area contributed by atoms with Crippen LogP contribution in [0.15, 0.2) is 42.5 Å². The van der Waals surface area contributed by atoms with Crippen molar-refractivity contribution in [2.45, 2.75) is 27.3 Å². The number of carbonyl (C=O) groups excluding carboxylic acids is 1. The first-order valence-corrected chi connectivity index (χ1v) is 8.93. The molecule has 0 aromatic heterocycles. The molecule has 0 bridgehead atoms. The van der Waals surface area contributed by atoms with Crippen LogP contribution in [0.5, 0.6) is 0 Å². The van der Waals surface area contributed by atoms with E-state index in [1.165, 1.54) is 27.9 Å². The van der Waals surface area contributed by atoms with Gasteiger partial charge in [-0.1, -0.05) is 30.3 Å². The van der Waals surface area contributed by atoms with Crippen molar-refractivity contribution in [3.05, 3.63) is 64.7 Å². The Morgan fingerprint density at radius 2 is 1.60 bits per heavy atom. The predicted molar refractivity (Wildman–Crippen MR) is 103 cm³/mol. The summed E-state index contributed by atoms with van der Waals surface area (Å²) in [6.07, 6.45) is 0. The fraction of sp³-hybridized carbons (Fsp3) is 0.381. The summed E-state index contributed by atoms with van der Waals surface area (Å²) in [5, 5.41) is 3.05. The van der Waals surface area contributed by atoms with E-state index in [-0.39, 0.29) is 6.03 Å². The van der Waals surface area contributed by atoms with E-state index < -0.39 is 0 Å². The zero-order valence-corrected chi connectivity index (χ0v) is 15.4. The third-order valence-electron chi connectivity index (χ3n) is 4.83. The van der Waals surface area contributed by atoms with Crippen molar-refractivity contribution in [1.29, 1.82) is 0 Å². The lowest BCUT2D eigenvalue weighted by atomic mass is 10.1. The third kappa shape index (κ3) is 4.32. The minimum atomic E-state index is 0.0309. The SMILES string of the molecule is Cc1cc(C)cc(N2CCN(C(=O)NCc3ccccc3C)CC2)c1. The molecule has 1 heterocycles. The Hall–Kier alpha value is -2.49. The van der Waals surface area contributed by atoms with Crippen LogP contribution in [0.25, 0.3) is 0 Å². The molecule has 1 aliphatic rings. The first-order valence-electron chi connectivity index (χ1n) is 8.93. The van der Waals surface area contributed by atoms with Crippen molar-refractivity contribution in [2.75, 3.05) is 31.1 Å². The molecule has 132 valence electrons. The highest BCUT2D eigenvalue weighted by atomic mass is 16.2. The van der Waals surface area contributed by atoms with Crippen LogP contribution in [0.1, 0.15) is 22.3 Å². The molecule has 0 unspecified atom stereocenters. The molecule has 1 aliphatic heterocycles. The normalized spacial score (nSPS) is 14.5. The number of nitrogens with one attached hydrogen (secondary N) is 1. The van der Waals surface area contributed by atoms with Gasteiger partial charge in [0.25, 0.3) is 0 Å². The average Bonchev–Trinajstić information content (AvgIpc) is 2.60. The quantitative estimate of drug-likeness (QED) is 0.928. The highest BCUT2D eigenvalue weighted by Gasteiger charge is 2.21. The molecule has 0 atom stereocenters. The van der Waals surface area contributed by atoms with Gasteiger partial charge in [-0.3, -0.25) is 0 Å². The molecule has 25 heavy (non-hydrogen) atoms. The minimum Gasteiger partial charge on any atom is -0.368 e. The topological polar surface area (TPSA) is 35.6 Å². The molecule has 4 heteroatoms. The number of urea groups is 1. The van der Waals surface area contributed by atoms with Gasteiger partial charge < -0.3 is 15.1 Å². The molecule has 2 amide bonds. The zero-order valence-electron chi connectivity index (χ0n) is 15.4. The fourth-order valence-corrected chi connectivity index (χ4v) is 3.39. The van der Waals surface area contributed by atoms with Gasteiger partial charge in [-0.05, 0) is 55.2 Å². The van der Waals surface area contributed by atoms with E-state index in [1.54, 1.807) is 0 Å². The first-order chi connectivity index (χ1) is 12.0. The van der Waals surface area contributed by atoms with Crippen LogP contribution < -0.4 is 10.2 Å². The van der Waals surface area contributed by atoms with Crippen LogP contribution in [0.2, 0.25) is 0 Å². The highest BCUT2D eigenvalue weighted by molar-refractivity contribution is 5.74. The number of carbonyl (C=O) groups is 1. The van der Waals surface area contributed by atoms with Gasteiger partial charge in [-0.25, -0.2) is 4.79 Å². The van der Waals surface area contributed by atoms with E-state index in [4.69, 9.17) is 0 Å². The van der Waals surface area contributed by atoms with Crippen molar-refractivity contribution >= 4 is 11.7 Å². The van der Waals surface area contributed by atoms with E-state index in [1.807, 2.05) is 17.0 Å². The maximum Gasteiger partial charge on any atom is 0.317 e. The maximum absolute atomic E-state index is 12.4. The van der Waals surface area contributed by atoms with E-state index in [2.05, 4.69) is 61.3 Å². The fourth-order valence-electron chi connectivity index (χ4n) is 3.39. The van der Waals surface area contributed by atoms with Gasteiger partial charge in [0.2, 0.25) is 0 Å². The average molecular weight is 337 g/mol. The monoisotopic (exact) mass is 337 g/mol. The second kappa shape index (κ2) is 7.60. The zero-order chi connectivity index (χ0) is 17.8. The van der Waals surface area contributed by atoms with Crippen LogP contribution >= 0.6 is 0 Å². The van der Waals surface area contributed by atoms with Crippen LogP contribution in [-0.4, -0.2) is 37.1 Å². The van der Waals surface area contributed by atoms with Crippen molar-refractivity contribution in [2.24, 2.45) is 0 Å². The number of hydrogen-bond donors (Lipinski definition) is 1. The van der Waals surface area contributed by atoms with Crippen LogP contribution in [0.4, 0.5) is 10.5 Å². The van der Waals surface area contributed by atoms with Crippen molar-refractivity contribution < 1.29 is 4.79 Å². The Morgan fingerprint density at radius 1 is 0.960 bits per heavy atom. The Morgan fingerprint density at radius 3 is 2.24 bits per heavy atom. The minimum absolute atomic E-state index is 0.0309. The Kier molecular flexibility index (Phi) is 5.27. The predicted octanol–water partition coefficient (Wildman–Crippen LogP) is 3.64. The first kappa shape index (κ1) is 17.3. The van der Waals surface area contributed by atoms with Gasteiger partial charge in [-0.2, -0.15) is 0 Å². The number of amides is 2. The number of hydrogen-bond acceptors (Lipinski definition) is 2. The molecular formula is C21H27N3O. The molecule has 1 fully saturated rings. The highest BCUT2D eigenvalue weighted by Crippen LogP contribution is 2.20. The van der Waals surface area contributed by atoms with Crippen LogP contribution in [0, 0.1) is 20.8 Å². The van der Waals surface area contributed by atoms with Gasteiger partial charge in [0.1, 0.15) is 0 Å². The Bertz CT molecular complexity index is 728. The molecule has 4 nitrogen and oxygen atoms in total. The Labute approximate surface area is 150 Å². The van der Waals surface area contributed by atoms with E-state index in [9.17, 15) is 4.79 Å². The number of anilines is 1. The summed E-state index contributed by atoms with van der Waals surface area (Å²) in [6, 6.07) is 14.8. The van der Waals surface area contributed by atoms with Crippen molar-refractivity contribution in [3.63, 3.8) is 0 Å². The third-order valence-corrected chi connectivity index (χ3v) is 4.83. The molecule has 1 N–H and O–H groups in total. The lowest BCUT2D eigenvalue weighted by Gasteiger charge is -2.36. The van der Waals surface area contributed by atoms with Gasteiger partial charge in [0, 0.05) is 38.4 Å². The molecule has 0 spiro atoms. The smallest absolute Gasteiger partial charge is 0.317 e. The molecule has 2 aromatic carbocycles. The van der Waals surface area contributed by atoms with Gasteiger partial charge in [0.15, 0.2) is 0 Å². The lowest BCUT2D eigenvalue weighted by molar-refractivity contribution is 0.194. The van der Waals surface area contributed by atoms with Gasteiger partial charge in [0.05, 0.1) is 0 Å². The summed E-state index contributed by atoms with van der Waals surface area (Å²) < 4.78 is 0. The van der Waals surface area contributed by atoms with Crippen LogP contribution in [0.3, 0.4) is 0 Å². The number of nitrogens with zero attached hydrogens (tertiary/aromatic N) is 2. The summed E-state index contributed by atoms with van der Waals surface area (Å²) in [6.45, 7) is 10.2. The number of benzene rings is 2. The summed E-state index contributed by atoms with van der Waals surface area (Å²) in [4.78, 5) is 16.7. The van der Waals surface area contributed by atoms with Gasteiger partial charge in [-0.15, -0.1) is 0 Å². The van der Waals surface area contributed by atoms with Crippen molar-refractivity contribution in [3.8, 4) is 0 Å².